The van der Waals surface area contributed by atoms with Gasteiger partial charge in [-0.05, 0) is 39.5 Å². The Morgan fingerprint density at radius 3 is 2.44 bits per heavy atom. The molecule has 2 amide bonds. The van der Waals surface area contributed by atoms with E-state index in [2.05, 4.69) is 10.6 Å². The number of hydrogen-bond acceptors (Lipinski definition) is 3. The van der Waals surface area contributed by atoms with Gasteiger partial charge in [0.05, 0.1) is 0 Å². The van der Waals surface area contributed by atoms with Crippen molar-refractivity contribution < 1.29 is 9.59 Å². The van der Waals surface area contributed by atoms with Gasteiger partial charge in [0.2, 0.25) is 11.8 Å². The number of carbonyl (C=O) groups is 2. The Morgan fingerprint density at radius 2 is 1.94 bits per heavy atom. The van der Waals surface area contributed by atoms with Gasteiger partial charge in [-0.15, -0.1) is 0 Å². The fourth-order valence-electron chi connectivity index (χ4n) is 2.12. The fourth-order valence-corrected chi connectivity index (χ4v) is 2.12. The predicted octanol–water partition coefficient (Wildman–Crippen LogP) is 0.533. The number of hydrogen-bond donors (Lipinski definition) is 3. The molecular weight excluding hydrogens is 230 g/mol. The molecule has 4 N–H and O–H groups in total. The third kappa shape index (κ3) is 4.29. The SMILES string of the molecule is CCC(C)NC(=O)C(C)NC(=O)C1CCC(N)C1. The number of amides is 2. The van der Waals surface area contributed by atoms with Gasteiger partial charge >= 0.3 is 0 Å². The van der Waals surface area contributed by atoms with E-state index in [1.807, 2.05) is 13.8 Å². The van der Waals surface area contributed by atoms with E-state index in [9.17, 15) is 9.59 Å². The van der Waals surface area contributed by atoms with Gasteiger partial charge in [0.25, 0.3) is 0 Å². The Hall–Kier alpha value is -1.10. The molecule has 4 atom stereocenters. The maximum atomic E-state index is 11.9. The molecule has 0 aliphatic heterocycles. The average molecular weight is 255 g/mol. The van der Waals surface area contributed by atoms with Crippen LogP contribution in [0.25, 0.3) is 0 Å². The van der Waals surface area contributed by atoms with Crippen LogP contribution in [-0.2, 0) is 9.59 Å². The number of nitrogens with one attached hydrogen (secondary N) is 2. The van der Waals surface area contributed by atoms with E-state index < -0.39 is 6.04 Å². The molecule has 1 saturated carbocycles. The Morgan fingerprint density at radius 1 is 1.28 bits per heavy atom. The second-order valence-electron chi connectivity index (χ2n) is 5.32. The minimum absolute atomic E-state index is 0.0288. The van der Waals surface area contributed by atoms with Crippen molar-refractivity contribution in [3.05, 3.63) is 0 Å². The van der Waals surface area contributed by atoms with Gasteiger partial charge in [0.1, 0.15) is 6.04 Å². The summed E-state index contributed by atoms with van der Waals surface area (Å²) in [6.07, 6.45) is 3.33. The summed E-state index contributed by atoms with van der Waals surface area (Å²) in [5, 5.41) is 5.62. The van der Waals surface area contributed by atoms with Gasteiger partial charge in [-0.2, -0.15) is 0 Å². The number of nitrogens with two attached hydrogens (primary N) is 1. The van der Waals surface area contributed by atoms with E-state index in [-0.39, 0.29) is 29.8 Å². The summed E-state index contributed by atoms with van der Waals surface area (Å²) >= 11 is 0. The van der Waals surface area contributed by atoms with E-state index >= 15 is 0 Å². The first-order chi connectivity index (χ1) is 8.43. The molecule has 1 aliphatic carbocycles. The molecule has 104 valence electrons. The average Bonchev–Trinajstić information content (AvgIpc) is 2.75. The molecule has 0 radical (unpaired) electrons. The van der Waals surface area contributed by atoms with E-state index in [0.717, 1.165) is 25.7 Å². The topological polar surface area (TPSA) is 84.2 Å². The highest BCUT2D eigenvalue weighted by Crippen LogP contribution is 2.24. The lowest BCUT2D eigenvalue weighted by Crippen LogP contribution is -2.48. The van der Waals surface area contributed by atoms with Crippen LogP contribution >= 0.6 is 0 Å². The van der Waals surface area contributed by atoms with E-state index in [1.54, 1.807) is 6.92 Å². The molecule has 4 unspecified atom stereocenters. The van der Waals surface area contributed by atoms with Crippen LogP contribution in [0.5, 0.6) is 0 Å². The molecule has 5 heteroatoms. The Kier molecular flexibility index (Phi) is 5.59. The van der Waals surface area contributed by atoms with Gasteiger partial charge in [-0.25, -0.2) is 0 Å². The van der Waals surface area contributed by atoms with Gasteiger partial charge in [-0.1, -0.05) is 6.92 Å². The molecule has 18 heavy (non-hydrogen) atoms. The highest BCUT2D eigenvalue weighted by Gasteiger charge is 2.29. The summed E-state index contributed by atoms with van der Waals surface area (Å²) in [5.74, 6) is -0.200. The molecule has 0 aromatic heterocycles. The van der Waals surface area contributed by atoms with Crippen LogP contribution in [0.2, 0.25) is 0 Å². The second kappa shape index (κ2) is 6.73. The molecule has 0 aromatic rings. The van der Waals surface area contributed by atoms with Crippen LogP contribution in [0.1, 0.15) is 46.5 Å². The minimum atomic E-state index is -0.483. The van der Waals surface area contributed by atoms with Crippen LogP contribution in [0.15, 0.2) is 0 Å². The lowest BCUT2D eigenvalue weighted by molar-refractivity contribution is -0.131. The van der Waals surface area contributed by atoms with Gasteiger partial charge in [0, 0.05) is 18.0 Å². The first-order valence-electron chi connectivity index (χ1n) is 6.80. The summed E-state index contributed by atoms with van der Waals surface area (Å²) in [6.45, 7) is 5.67. The van der Waals surface area contributed by atoms with Crippen LogP contribution in [0.3, 0.4) is 0 Å². The predicted molar refractivity (Wildman–Crippen MR) is 70.8 cm³/mol. The Balaban J connectivity index is 2.37. The van der Waals surface area contributed by atoms with Gasteiger partial charge in [-0.3, -0.25) is 9.59 Å². The third-order valence-electron chi connectivity index (χ3n) is 3.60. The standard InChI is InChI=1S/C13H25N3O2/c1-4-8(2)15-12(17)9(3)16-13(18)10-5-6-11(14)7-10/h8-11H,4-7,14H2,1-3H3,(H,15,17)(H,16,18). The minimum Gasteiger partial charge on any atom is -0.352 e. The lowest BCUT2D eigenvalue weighted by atomic mass is 10.1. The summed E-state index contributed by atoms with van der Waals surface area (Å²) in [7, 11) is 0. The molecule has 5 nitrogen and oxygen atoms in total. The zero-order valence-electron chi connectivity index (χ0n) is 11.5. The fraction of sp³-hybridized carbons (Fsp3) is 0.846. The molecule has 0 saturated heterocycles. The molecule has 0 aromatic carbocycles. The molecule has 1 aliphatic rings. The normalized spacial score (nSPS) is 26.4. The molecule has 1 fully saturated rings. The Labute approximate surface area is 109 Å². The van der Waals surface area contributed by atoms with Crippen molar-refractivity contribution >= 4 is 11.8 Å². The van der Waals surface area contributed by atoms with Crippen LogP contribution in [0.4, 0.5) is 0 Å². The van der Waals surface area contributed by atoms with Crippen molar-refractivity contribution in [3.8, 4) is 0 Å². The summed E-state index contributed by atoms with van der Waals surface area (Å²) in [4.78, 5) is 23.7. The van der Waals surface area contributed by atoms with Crippen LogP contribution < -0.4 is 16.4 Å². The maximum absolute atomic E-state index is 11.9. The quantitative estimate of drug-likeness (QED) is 0.670. The number of rotatable bonds is 5. The van der Waals surface area contributed by atoms with Crippen LogP contribution in [0, 0.1) is 5.92 Å². The molecule has 0 heterocycles. The van der Waals surface area contributed by atoms with Crippen molar-refractivity contribution in [2.45, 2.75) is 64.6 Å². The number of carbonyl (C=O) groups excluding carboxylic acids is 2. The largest absolute Gasteiger partial charge is 0.352 e. The second-order valence-corrected chi connectivity index (χ2v) is 5.32. The molecule has 0 bridgehead atoms. The van der Waals surface area contributed by atoms with Crippen molar-refractivity contribution in [2.75, 3.05) is 0 Å². The molecular formula is C13H25N3O2. The zero-order valence-corrected chi connectivity index (χ0v) is 11.5. The maximum Gasteiger partial charge on any atom is 0.242 e. The third-order valence-corrected chi connectivity index (χ3v) is 3.60. The van der Waals surface area contributed by atoms with Crippen molar-refractivity contribution in [3.63, 3.8) is 0 Å². The smallest absolute Gasteiger partial charge is 0.242 e. The lowest BCUT2D eigenvalue weighted by Gasteiger charge is -2.19. The van der Waals surface area contributed by atoms with Crippen molar-refractivity contribution in [1.29, 1.82) is 0 Å². The van der Waals surface area contributed by atoms with Crippen LogP contribution in [-0.4, -0.2) is 29.9 Å². The van der Waals surface area contributed by atoms with Gasteiger partial charge in [0.15, 0.2) is 0 Å². The first kappa shape index (κ1) is 15.0. The van der Waals surface area contributed by atoms with Gasteiger partial charge < -0.3 is 16.4 Å². The van der Waals surface area contributed by atoms with Crippen molar-refractivity contribution in [1.82, 2.24) is 10.6 Å². The van der Waals surface area contributed by atoms with Crippen molar-refractivity contribution in [2.24, 2.45) is 11.7 Å². The summed E-state index contributed by atoms with van der Waals surface area (Å²) in [6, 6.07) is -0.218. The van der Waals surface area contributed by atoms with E-state index in [0.29, 0.717) is 0 Å². The first-order valence-corrected chi connectivity index (χ1v) is 6.80. The monoisotopic (exact) mass is 255 g/mol. The molecule has 0 spiro atoms. The van der Waals surface area contributed by atoms with E-state index in [1.165, 1.54) is 0 Å². The zero-order chi connectivity index (χ0) is 13.7. The highest BCUT2D eigenvalue weighted by molar-refractivity contribution is 5.88. The highest BCUT2D eigenvalue weighted by atomic mass is 16.2. The summed E-state index contributed by atoms with van der Waals surface area (Å²) in [5.41, 5.74) is 5.78. The summed E-state index contributed by atoms with van der Waals surface area (Å²) < 4.78 is 0. The molecule has 1 rings (SSSR count). The Bertz CT molecular complexity index is 307. The van der Waals surface area contributed by atoms with E-state index in [4.69, 9.17) is 5.73 Å².